The summed E-state index contributed by atoms with van der Waals surface area (Å²) < 4.78 is 4.63. The van der Waals surface area contributed by atoms with Crippen molar-refractivity contribution in [3.05, 3.63) is 0 Å². The Balaban J connectivity index is -0.0000000300. The Morgan fingerprint density at radius 2 is 1.09 bits per heavy atom. The molecule has 1 radical (unpaired) electrons. The van der Waals surface area contributed by atoms with E-state index in [9.17, 15) is 0 Å². The van der Waals surface area contributed by atoms with Crippen molar-refractivity contribution in [2.24, 2.45) is 0 Å². The van der Waals surface area contributed by atoms with Crippen LogP contribution in [0.2, 0.25) is 0 Å². The van der Waals surface area contributed by atoms with Gasteiger partial charge in [-0.05, 0) is 0 Å². The zero-order valence-electron chi connectivity index (χ0n) is 5.62. The normalized spacial score (nSPS) is 6.00. The van der Waals surface area contributed by atoms with E-state index in [2.05, 4.69) is 4.74 Å². The number of aliphatic hydroxyl groups excluding tert-OH is 2. The van der Waals surface area contributed by atoms with Gasteiger partial charge < -0.3 is 52.2 Å². The molecule has 0 bridgehead atoms. The van der Waals surface area contributed by atoms with Crippen LogP contribution in [0.4, 0.5) is 0 Å². The van der Waals surface area contributed by atoms with Gasteiger partial charge in [-0.25, -0.2) is 0 Å². The van der Waals surface area contributed by atoms with E-state index in [1.807, 2.05) is 0 Å². The monoisotopic (exact) mass is 369 g/mol. The van der Waals surface area contributed by atoms with Crippen molar-refractivity contribution in [3.8, 4) is 0 Å². The molecule has 2 N–H and O–H groups in total. The maximum Gasteiger partial charge on any atom is 3.00 e. The average molecular weight is 370 g/mol. The molecule has 0 amide bonds. The quantitative estimate of drug-likeness (QED) is 0.484. The van der Waals surface area contributed by atoms with Crippen LogP contribution in [0.3, 0.4) is 0 Å². The van der Waals surface area contributed by atoms with E-state index in [1.54, 1.807) is 0 Å². The van der Waals surface area contributed by atoms with Crippen molar-refractivity contribution in [3.63, 3.8) is 0 Å². The fraction of sp³-hybridized carbons (Fsp3) is 1.00. The van der Waals surface area contributed by atoms with Gasteiger partial charge in [0.2, 0.25) is 0 Å². The second-order valence-corrected chi connectivity index (χ2v) is 1.06. The van der Waals surface area contributed by atoms with Gasteiger partial charge in [-0.2, -0.15) is 0 Å². The van der Waals surface area contributed by atoms with Crippen LogP contribution in [-0.2, 0) is 4.74 Å². The Bertz CT molecular complexity index is 39.8. The largest absolute Gasteiger partial charge is 3.00 e. The molecule has 0 atom stereocenters. The summed E-state index contributed by atoms with van der Waals surface area (Å²) in [6, 6.07) is 0. The molecule has 0 aliphatic heterocycles. The SMILES string of the molecule is OCCOCCO.[Cl-].[Cl-].[Cl-].[Gd+3]. The fourth-order valence-electron chi connectivity index (χ4n) is 0.231. The van der Waals surface area contributed by atoms with E-state index in [0.717, 1.165) is 0 Å². The minimum Gasteiger partial charge on any atom is -1.00 e. The zero-order chi connectivity index (χ0) is 5.54. The van der Waals surface area contributed by atoms with Crippen molar-refractivity contribution >= 4 is 0 Å². The second-order valence-electron chi connectivity index (χ2n) is 1.06. The molecule has 0 saturated heterocycles. The second kappa shape index (κ2) is 29.6. The van der Waals surface area contributed by atoms with Crippen LogP contribution in [0.25, 0.3) is 0 Å². The van der Waals surface area contributed by atoms with Gasteiger partial charge in [0.15, 0.2) is 0 Å². The average Bonchev–Trinajstić information content (AvgIpc) is 1.69. The van der Waals surface area contributed by atoms with Gasteiger partial charge in [-0.15, -0.1) is 0 Å². The van der Waals surface area contributed by atoms with E-state index in [4.69, 9.17) is 10.2 Å². The van der Waals surface area contributed by atoms with Crippen molar-refractivity contribution < 1.29 is 92.1 Å². The van der Waals surface area contributed by atoms with Crippen LogP contribution in [0.5, 0.6) is 0 Å². The van der Waals surface area contributed by atoms with E-state index < -0.39 is 0 Å². The first kappa shape index (κ1) is 29.2. The molecule has 0 unspecified atom stereocenters. The summed E-state index contributed by atoms with van der Waals surface area (Å²) in [6.07, 6.45) is 0. The van der Waals surface area contributed by atoms with Crippen molar-refractivity contribution in [2.45, 2.75) is 0 Å². The molecular formula is C4H10Cl3GdO3. The summed E-state index contributed by atoms with van der Waals surface area (Å²) in [5, 5.41) is 16.2. The number of ether oxygens (including phenoxy) is 1. The van der Waals surface area contributed by atoms with Crippen LogP contribution >= 0.6 is 0 Å². The van der Waals surface area contributed by atoms with E-state index >= 15 is 0 Å². The predicted octanol–water partition coefficient (Wildman–Crippen LogP) is -10.0. The van der Waals surface area contributed by atoms with E-state index in [0.29, 0.717) is 13.2 Å². The molecule has 73 valence electrons. The number of hydrogen-bond acceptors (Lipinski definition) is 3. The third-order valence-corrected chi connectivity index (χ3v) is 0.471. The molecule has 0 rings (SSSR count). The van der Waals surface area contributed by atoms with Crippen molar-refractivity contribution in [1.29, 1.82) is 0 Å². The summed E-state index contributed by atoms with van der Waals surface area (Å²) >= 11 is 0. The molecule has 0 heterocycles. The predicted molar refractivity (Wildman–Crippen MR) is 25.0 cm³/mol. The van der Waals surface area contributed by atoms with Crippen LogP contribution in [0.1, 0.15) is 0 Å². The van der Waals surface area contributed by atoms with Gasteiger partial charge in [-0.1, -0.05) is 0 Å². The minimum absolute atomic E-state index is 0. The van der Waals surface area contributed by atoms with Crippen LogP contribution < -0.4 is 37.2 Å². The van der Waals surface area contributed by atoms with Gasteiger partial charge in [0, 0.05) is 0 Å². The zero-order valence-corrected chi connectivity index (χ0v) is 10.2. The Kier molecular flexibility index (Phi) is 78.6. The first-order valence-electron chi connectivity index (χ1n) is 2.21. The Morgan fingerprint density at radius 1 is 0.818 bits per heavy atom. The van der Waals surface area contributed by atoms with Gasteiger partial charge in [-0.3, -0.25) is 0 Å². The third-order valence-electron chi connectivity index (χ3n) is 0.471. The molecule has 0 aliphatic rings. The Morgan fingerprint density at radius 3 is 1.27 bits per heavy atom. The summed E-state index contributed by atoms with van der Waals surface area (Å²) in [7, 11) is 0. The standard InChI is InChI=1S/C4H10O3.3ClH.Gd/c5-1-3-7-4-2-6;;;;/h5-6H,1-4H2;3*1H;/q;;;;+3/p-3. The maximum atomic E-state index is 8.09. The smallest absolute Gasteiger partial charge is 1.00 e. The number of halogens is 3. The number of hydrogen-bond donors (Lipinski definition) is 2. The molecule has 0 aromatic heterocycles. The minimum atomic E-state index is 0. The fourth-order valence-corrected chi connectivity index (χ4v) is 0.231. The number of aliphatic hydroxyl groups is 2. The van der Waals surface area contributed by atoms with Crippen LogP contribution in [-0.4, -0.2) is 36.6 Å². The summed E-state index contributed by atoms with van der Waals surface area (Å²) in [6.45, 7) is 0.696. The van der Waals surface area contributed by atoms with Gasteiger partial charge in [0.25, 0.3) is 0 Å². The molecule has 0 aromatic rings. The van der Waals surface area contributed by atoms with Gasteiger partial charge >= 0.3 is 39.9 Å². The molecule has 0 fully saturated rings. The molecule has 0 aromatic carbocycles. The molecular weight excluding hydrogens is 360 g/mol. The summed E-state index contributed by atoms with van der Waals surface area (Å²) in [4.78, 5) is 0. The first-order valence-corrected chi connectivity index (χ1v) is 2.21. The van der Waals surface area contributed by atoms with E-state index in [1.165, 1.54) is 0 Å². The molecule has 7 heteroatoms. The van der Waals surface area contributed by atoms with Crippen LogP contribution in [0.15, 0.2) is 0 Å². The Labute approximate surface area is 117 Å². The molecule has 11 heavy (non-hydrogen) atoms. The molecule has 0 saturated carbocycles. The molecule has 0 spiro atoms. The molecule has 0 aliphatic carbocycles. The summed E-state index contributed by atoms with van der Waals surface area (Å²) in [5.74, 6) is 0. The third kappa shape index (κ3) is 33.2. The van der Waals surface area contributed by atoms with Crippen molar-refractivity contribution in [2.75, 3.05) is 26.4 Å². The topological polar surface area (TPSA) is 49.7 Å². The van der Waals surface area contributed by atoms with E-state index in [-0.39, 0.29) is 90.4 Å². The first-order chi connectivity index (χ1) is 3.41. The molecule has 3 nitrogen and oxygen atoms in total. The van der Waals surface area contributed by atoms with Crippen LogP contribution in [0, 0.1) is 39.9 Å². The Hall–Kier alpha value is 2.07. The van der Waals surface area contributed by atoms with Gasteiger partial charge in [0.05, 0.1) is 26.4 Å². The number of rotatable bonds is 4. The maximum absolute atomic E-state index is 8.09. The van der Waals surface area contributed by atoms with Gasteiger partial charge in [0.1, 0.15) is 0 Å². The van der Waals surface area contributed by atoms with Crippen molar-refractivity contribution in [1.82, 2.24) is 0 Å². The summed E-state index contributed by atoms with van der Waals surface area (Å²) in [5.41, 5.74) is 0.